The van der Waals surface area contributed by atoms with Crippen molar-refractivity contribution in [2.45, 2.75) is 96.1 Å². The first-order chi connectivity index (χ1) is 9.33. The van der Waals surface area contributed by atoms with E-state index in [0.29, 0.717) is 0 Å². The molecule has 0 aromatic heterocycles. The summed E-state index contributed by atoms with van der Waals surface area (Å²) < 4.78 is 0. The Hall–Kier alpha value is 0.217. The molecule has 2 aliphatic rings. The van der Waals surface area contributed by atoms with Crippen LogP contribution in [0.2, 0.25) is 11.6 Å². The average Bonchev–Trinajstić information content (AvgIpc) is 2.47. The van der Waals surface area contributed by atoms with Crippen LogP contribution < -0.4 is 0 Å². The summed E-state index contributed by atoms with van der Waals surface area (Å²) in [4.78, 5) is 0. The lowest BCUT2D eigenvalue weighted by Gasteiger charge is -2.37. The molecular weight excluding hydrogens is 244 g/mol. The second-order valence-corrected chi connectivity index (χ2v) is 8.86. The minimum atomic E-state index is 1.09. The van der Waals surface area contributed by atoms with E-state index in [9.17, 15) is 0 Å². The van der Waals surface area contributed by atoms with Gasteiger partial charge in [0.1, 0.15) is 0 Å². The molecule has 2 aliphatic carbocycles. The molecule has 2 rings (SSSR count). The molecule has 0 aliphatic heterocycles. The van der Waals surface area contributed by atoms with Crippen molar-refractivity contribution in [2.75, 3.05) is 0 Å². The fourth-order valence-electron chi connectivity index (χ4n) is 4.50. The summed E-state index contributed by atoms with van der Waals surface area (Å²) in [5.74, 6) is 3.32. The molecule has 0 saturated heterocycles. The maximum Gasteiger partial charge on any atom is 0.0413 e. The van der Waals surface area contributed by atoms with Gasteiger partial charge in [-0.25, -0.2) is 0 Å². The van der Waals surface area contributed by atoms with Crippen LogP contribution in [0.3, 0.4) is 0 Å². The fourth-order valence-corrected chi connectivity index (χ4v) is 5.94. The highest BCUT2D eigenvalue weighted by Gasteiger charge is 2.30. The van der Waals surface area contributed by atoms with Crippen molar-refractivity contribution in [3.63, 3.8) is 0 Å². The van der Waals surface area contributed by atoms with Gasteiger partial charge < -0.3 is 0 Å². The Labute approximate surface area is 124 Å². The molecule has 0 N–H and O–H groups in total. The molecule has 0 unspecified atom stereocenters. The van der Waals surface area contributed by atoms with Gasteiger partial charge in [0, 0.05) is 9.52 Å². The predicted octanol–water partition coefficient (Wildman–Crippen LogP) is 6.10. The van der Waals surface area contributed by atoms with Gasteiger partial charge in [0.05, 0.1) is 0 Å². The quantitative estimate of drug-likeness (QED) is 0.515. The van der Waals surface area contributed by atoms with E-state index >= 15 is 0 Å². The molecule has 2 radical (unpaired) electrons. The zero-order chi connectivity index (χ0) is 13.5. The SMILES string of the molecule is CCC[Si]C1CCC(C2CCC(CCC)CC2)CC1. The summed E-state index contributed by atoms with van der Waals surface area (Å²) in [7, 11) is 1.28. The van der Waals surface area contributed by atoms with E-state index in [-0.39, 0.29) is 0 Å². The van der Waals surface area contributed by atoms with Crippen molar-refractivity contribution in [1.29, 1.82) is 0 Å². The Morgan fingerprint density at radius 3 is 1.84 bits per heavy atom. The van der Waals surface area contributed by atoms with E-state index in [1.807, 2.05) is 0 Å². The third-order valence-electron chi connectivity index (χ3n) is 5.71. The van der Waals surface area contributed by atoms with Gasteiger partial charge in [-0.2, -0.15) is 0 Å². The second kappa shape index (κ2) is 8.49. The Morgan fingerprint density at radius 1 is 0.737 bits per heavy atom. The van der Waals surface area contributed by atoms with E-state index in [1.54, 1.807) is 51.4 Å². The molecule has 1 heteroatoms. The highest BCUT2D eigenvalue weighted by Crippen LogP contribution is 2.43. The first-order valence-electron chi connectivity index (χ1n) is 9.06. The molecule has 0 spiro atoms. The summed E-state index contributed by atoms with van der Waals surface area (Å²) in [5, 5.41) is 0. The number of hydrogen-bond acceptors (Lipinski definition) is 0. The molecule has 0 aromatic rings. The topological polar surface area (TPSA) is 0 Å². The van der Waals surface area contributed by atoms with Crippen molar-refractivity contribution in [1.82, 2.24) is 0 Å². The normalized spacial score (nSPS) is 36.3. The third-order valence-corrected chi connectivity index (χ3v) is 7.65. The second-order valence-electron chi connectivity index (χ2n) is 7.14. The molecule has 0 nitrogen and oxygen atoms in total. The van der Waals surface area contributed by atoms with Crippen molar-refractivity contribution in [2.24, 2.45) is 17.8 Å². The zero-order valence-corrected chi connectivity index (χ0v) is 14.3. The van der Waals surface area contributed by atoms with Crippen LogP contribution in [0.15, 0.2) is 0 Å². The Bertz CT molecular complexity index is 222. The minimum absolute atomic E-state index is 1.09. The summed E-state index contributed by atoms with van der Waals surface area (Å²) >= 11 is 0. The van der Waals surface area contributed by atoms with E-state index < -0.39 is 0 Å². The Balaban J connectivity index is 1.65. The van der Waals surface area contributed by atoms with Gasteiger partial charge in [-0.1, -0.05) is 77.7 Å². The molecule has 0 atom stereocenters. The lowest BCUT2D eigenvalue weighted by Crippen LogP contribution is -2.25. The van der Waals surface area contributed by atoms with Crippen LogP contribution in [0.1, 0.15) is 84.5 Å². The van der Waals surface area contributed by atoms with Gasteiger partial charge in [-0.05, 0) is 36.1 Å². The van der Waals surface area contributed by atoms with Crippen LogP contribution >= 0.6 is 0 Å². The molecular formula is C18H34Si. The maximum atomic E-state index is 2.35. The number of hydrogen-bond donors (Lipinski definition) is 0. The first-order valence-corrected chi connectivity index (χ1v) is 10.3. The van der Waals surface area contributed by atoms with Crippen LogP contribution in [0.25, 0.3) is 0 Å². The third kappa shape index (κ3) is 4.92. The van der Waals surface area contributed by atoms with E-state index in [4.69, 9.17) is 0 Å². The number of rotatable bonds is 6. The Kier molecular flexibility index (Phi) is 6.97. The highest BCUT2D eigenvalue weighted by molar-refractivity contribution is 6.37. The summed E-state index contributed by atoms with van der Waals surface area (Å²) in [5.41, 5.74) is 1.12. The van der Waals surface area contributed by atoms with Gasteiger partial charge in [0.2, 0.25) is 0 Å². The molecule has 0 bridgehead atoms. The van der Waals surface area contributed by atoms with Crippen molar-refractivity contribution in [3.05, 3.63) is 0 Å². The van der Waals surface area contributed by atoms with Crippen molar-refractivity contribution < 1.29 is 0 Å². The van der Waals surface area contributed by atoms with Crippen LogP contribution in [-0.2, 0) is 0 Å². The predicted molar refractivity (Wildman–Crippen MR) is 86.9 cm³/mol. The zero-order valence-electron chi connectivity index (χ0n) is 13.3. The standard InChI is InChI=1S/C18H34Si/c1-3-5-15-6-8-16(9-7-15)17-10-12-18(13-11-17)19-14-4-2/h15-18H,3-14H2,1-2H3. The van der Waals surface area contributed by atoms with Crippen LogP contribution in [0, 0.1) is 17.8 Å². The molecule has 2 fully saturated rings. The minimum Gasteiger partial charge on any atom is -0.0657 e. The summed E-state index contributed by atoms with van der Waals surface area (Å²) in [6.45, 7) is 4.69. The van der Waals surface area contributed by atoms with E-state index in [1.165, 1.54) is 34.8 Å². The van der Waals surface area contributed by atoms with Gasteiger partial charge in [0.15, 0.2) is 0 Å². The molecule has 0 heterocycles. The van der Waals surface area contributed by atoms with E-state index in [2.05, 4.69) is 13.8 Å². The van der Waals surface area contributed by atoms with Gasteiger partial charge in [0.25, 0.3) is 0 Å². The average molecular weight is 279 g/mol. The molecule has 110 valence electrons. The largest absolute Gasteiger partial charge is 0.0657 e. The smallest absolute Gasteiger partial charge is 0.0413 e. The summed E-state index contributed by atoms with van der Waals surface area (Å²) in [6.07, 6.45) is 16.8. The molecule has 0 amide bonds. The van der Waals surface area contributed by atoms with Crippen LogP contribution in [0.4, 0.5) is 0 Å². The van der Waals surface area contributed by atoms with Crippen molar-refractivity contribution in [3.8, 4) is 0 Å². The first kappa shape index (κ1) is 15.6. The van der Waals surface area contributed by atoms with Gasteiger partial charge in [-0.15, -0.1) is 0 Å². The van der Waals surface area contributed by atoms with Crippen LogP contribution in [0.5, 0.6) is 0 Å². The molecule has 2 saturated carbocycles. The summed E-state index contributed by atoms with van der Waals surface area (Å²) in [6, 6.07) is 1.50. The van der Waals surface area contributed by atoms with Crippen molar-refractivity contribution >= 4 is 9.52 Å². The molecule has 0 aromatic carbocycles. The van der Waals surface area contributed by atoms with E-state index in [0.717, 1.165) is 23.3 Å². The van der Waals surface area contributed by atoms with Gasteiger partial charge >= 0.3 is 0 Å². The Morgan fingerprint density at radius 2 is 1.32 bits per heavy atom. The molecule has 19 heavy (non-hydrogen) atoms. The lowest BCUT2D eigenvalue weighted by atomic mass is 9.70. The maximum absolute atomic E-state index is 2.35. The lowest BCUT2D eigenvalue weighted by molar-refractivity contribution is 0.163. The van der Waals surface area contributed by atoms with Gasteiger partial charge in [-0.3, -0.25) is 0 Å². The fraction of sp³-hybridized carbons (Fsp3) is 1.00. The monoisotopic (exact) mass is 278 g/mol. The van der Waals surface area contributed by atoms with Crippen LogP contribution in [-0.4, -0.2) is 9.52 Å². The highest BCUT2D eigenvalue weighted by atomic mass is 28.2.